The first-order valence-electron chi connectivity index (χ1n) is 6.57. The molecule has 1 heterocycles. The Morgan fingerprint density at radius 1 is 1.26 bits per heavy atom. The summed E-state index contributed by atoms with van der Waals surface area (Å²) in [6.45, 7) is 4.50. The van der Waals surface area contributed by atoms with Gasteiger partial charge in [-0.05, 0) is 18.3 Å². The van der Waals surface area contributed by atoms with Gasteiger partial charge in [-0.1, -0.05) is 13.8 Å². The van der Waals surface area contributed by atoms with Crippen molar-refractivity contribution in [3.05, 3.63) is 0 Å². The molecule has 1 aliphatic carbocycles. The zero-order valence-electron chi connectivity index (χ0n) is 11.3. The molecule has 0 spiro atoms. The minimum absolute atomic E-state index is 0.150. The highest BCUT2D eigenvalue weighted by Crippen LogP contribution is 2.59. The summed E-state index contributed by atoms with van der Waals surface area (Å²) in [4.78, 5) is 36.3. The number of nitrogens with zero attached hydrogens (tertiary/aromatic N) is 1. The fourth-order valence-corrected chi connectivity index (χ4v) is 3.17. The molecule has 0 aromatic rings. The fraction of sp³-hybridized carbons (Fsp3) is 0.769. The van der Waals surface area contributed by atoms with Crippen molar-refractivity contribution in [1.29, 1.82) is 0 Å². The predicted molar refractivity (Wildman–Crippen MR) is 66.9 cm³/mol. The van der Waals surface area contributed by atoms with E-state index in [9.17, 15) is 14.4 Å². The summed E-state index contributed by atoms with van der Waals surface area (Å²) in [6.07, 6.45) is 1.44. The molecule has 0 aromatic carbocycles. The summed E-state index contributed by atoms with van der Waals surface area (Å²) in [5.41, 5.74) is 4.78. The molecule has 3 N–H and O–H groups in total. The van der Waals surface area contributed by atoms with Crippen molar-refractivity contribution < 1.29 is 19.5 Å². The summed E-state index contributed by atoms with van der Waals surface area (Å²) < 4.78 is 0. The second kappa shape index (κ2) is 4.51. The van der Waals surface area contributed by atoms with Crippen LogP contribution in [0.2, 0.25) is 0 Å². The number of hydrogen-bond acceptors (Lipinski definition) is 3. The van der Waals surface area contributed by atoms with Crippen LogP contribution in [0, 0.1) is 23.2 Å². The minimum atomic E-state index is -0.924. The predicted octanol–water partition coefficient (Wildman–Crippen LogP) is 0.0671. The van der Waals surface area contributed by atoms with Gasteiger partial charge < -0.3 is 15.7 Å². The van der Waals surface area contributed by atoms with Gasteiger partial charge in [-0.15, -0.1) is 0 Å². The maximum atomic E-state index is 12.4. The Bertz CT molecular complexity index is 432. The standard InChI is InChI=1S/C13H20N2O4/c1-13(2)8(9(13)12(18)19)11(17)15-5-3-4-7(6-15)10(14)16/h7-9H,3-6H2,1-2H3,(H2,14,16)(H,18,19)/t7-,8-,9-/m0/s1. The van der Waals surface area contributed by atoms with Gasteiger partial charge in [0.1, 0.15) is 0 Å². The van der Waals surface area contributed by atoms with Crippen LogP contribution in [-0.2, 0) is 14.4 Å². The zero-order valence-corrected chi connectivity index (χ0v) is 11.3. The Morgan fingerprint density at radius 3 is 2.37 bits per heavy atom. The van der Waals surface area contributed by atoms with E-state index in [2.05, 4.69) is 0 Å². The monoisotopic (exact) mass is 268 g/mol. The van der Waals surface area contributed by atoms with Gasteiger partial charge >= 0.3 is 5.97 Å². The quantitative estimate of drug-likeness (QED) is 0.756. The third-order valence-electron chi connectivity index (χ3n) is 4.49. The molecule has 0 unspecified atom stereocenters. The molecule has 19 heavy (non-hydrogen) atoms. The van der Waals surface area contributed by atoms with E-state index in [4.69, 9.17) is 10.8 Å². The summed E-state index contributed by atoms with van der Waals surface area (Å²) >= 11 is 0. The van der Waals surface area contributed by atoms with E-state index in [0.29, 0.717) is 19.5 Å². The smallest absolute Gasteiger partial charge is 0.307 e. The first-order chi connectivity index (χ1) is 8.76. The van der Waals surface area contributed by atoms with Crippen LogP contribution in [0.3, 0.4) is 0 Å². The van der Waals surface area contributed by atoms with Gasteiger partial charge in [-0.3, -0.25) is 14.4 Å². The van der Waals surface area contributed by atoms with Crippen LogP contribution < -0.4 is 5.73 Å². The van der Waals surface area contributed by atoms with Crippen LogP contribution in [0.5, 0.6) is 0 Å². The number of aliphatic carboxylic acids is 1. The molecule has 106 valence electrons. The highest BCUT2D eigenvalue weighted by atomic mass is 16.4. The highest BCUT2D eigenvalue weighted by Gasteiger charge is 2.66. The van der Waals surface area contributed by atoms with E-state index in [1.54, 1.807) is 18.7 Å². The molecule has 1 saturated heterocycles. The zero-order chi connectivity index (χ0) is 14.4. The molecule has 2 fully saturated rings. The lowest BCUT2D eigenvalue weighted by molar-refractivity contribution is -0.143. The third kappa shape index (κ3) is 2.31. The lowest BCUT2D eigenvalue weighted by atomic mass is 9.96. The average Bonchev–Trinajstić information content (AvgIpc) is 2.91. The summed E-state index contributed by atoms with van der Waals surface area (Å²) in [5.74, 6) is -2.86. The number of likely N-dealkylation sites (tertiary alicyclic amines) is 1. The summed E-state index contributed by atoms with van der Waals surface area (Å²) in [5, 5.41) is 9.10. The van der Waals surface area contributed by atoms with E-state index < -0.39 is 23.2 Å². The van der Waals surface area contributed by atoms with Crippen LogP contribution in [0.15, 0.2) is 0 Å². The Hall–Kier alpha value is -1.59. The molecular weight excluding hydrogens is 248 g/mol. The largest absolute Gasteiger partial charge is 0.481 e. The van der Waals surface area contributed by atoms with Gasteiger partial charge in [0.15, 0.2) is 0 Å². The van der Waals surface area contributed by atoms with Crippen molar-refractivity contribution in [2.75, 3.05) is 13.1 Å². The number of nitrogens with two attached hydrogens (primary N) is 1. The topological polar surface area (TPSA) is 101 Å². The van der Waals surface area contributed by atoms with Crippen LogP contribution in [0.25, 0.3) is 0 Å². The molecule has 6 heteroatoms. The number of carbonyl (C=O) groups excluding carboxylic acids is 2. The number of amides is 2. The maximum absolute atomic E-state index is 12.4. The van der Waals surface area contributed by atoms with Crippen LogP contribution in [0.1, 0.15) is 26.7 Å². The number of piperidine rings is 1. The van der Waals surface area contributed by atoms with E-state index in [-0.39, 0.29) is 17.7 Å². The van der Waals surface area contributed by atoms with Crippen molar-refractivity contribution in [2.45, 2.75) is 26.7 Å². The van der Waals surface area contributed by atoms with Crippen LogP contribution in [0.4, 0.5) is 0 Å². The number of rotatable bonds is 3. The van der Waals surface area contributed by atoms with Gasteiger partial charge in [-0.25, -0.2) is 0 Å². The Morgan fingerprint density at radius 2 is 1.89 bits per heavy atom. The molecule has 6 nitrogen and oxygen atoms in total. The van der Waals surface area contributed by atoms with Crippen molar-refractivity contribution >= 4 is 17.8 Å². The van der Waals surface area contributed by atoms with E-state index in [0.717, 1.165) is 6.42 Å². The van der Waals surface area contributed by atoms with Crippen molar-refractivity contribution in [1.82, 2.24) is 4.90 Å². The summed E-state index contributed by atoms with van der Waals surface area (Å²) in [7, 11) is 0. The Balaban J connectivity index is 2.05. The number of carboxylic acids is 1. The lowest BCUT2D eigenvalue weighted by Crippen LogP contribution is -2.45. The second-order valence-electron chi connectivity index (χ2n) is 6.14. The number of carboxylic acid groups (broad SMARTS) is 1. The van der Waals surface area contributed by atoms with Crippen molar-refractivity contribution in [3.63, 3.8) is 0 Å². The number of primary amides is 1. The van der Waals surface area contributed by atoms with Gasteiger partial charge in [-0.2, -0.15) is 0 Å². The first kappa shape index (κ1) is 13.8. The lowest BCUT2D eigenvalue weighted by Gasteiger charge is -2.31. The molecule has 0 radical (unpaired) electrons. The Labute approximate surface area is 111 Å². The fourth-order valence-electron chi connectivity index (χ4n) is 3.17. The number of hydrogen-bond donors (Lipinski definition) is 2. The van der Waals surface area contributed by atoms with E-state index in [1.165, 1.54) is 0 Å². The van der Waals surface area contributed by atoms with Crippen LogP contribution >= 0.6 is 0 Å². The summed E-state index contributed by atoms with van der Waals surface area (Å²) in [6, 6.07) is 0. The van der Waals surface area contributed by atoms with Crippen LogP contribution in [-0.4, -0.2) is 40.9 Å². The molecule has 2 amide bonds. The molecule has 1 saturated carbocycles. The molecular formula is C13H20N2O4. The average molecular weight is 268 g/mol. The first-order valence-corrected chi connectivity index (χ1v) is 6.57. The SMILES string of the molecule is CC1(C)[C@H](C(=O)O)[C@H]1C(=O)N1CCC[C@H](C(N)=O)C1. The van der Waals surface area contributed by atoms with Gasteiger partial charge in [0.05, 0.1) is 17.8 Å². The Kier molecular flexibility index (Phi) is 3.28. The molecule has 2 aliphatic rings. The van der Waals surface area contributed by atoms with E-state index >= 15 is 0 Å². The van der Waals surface area contributed by atoms with Gasteiger partial charge in [0.25, 0.3) is 0 Å². The van der Waals surface area contributed by atoms with Gasteiger partial charge in [0, 0.05) is 13.1 Å². The number of carbonyl (C=O) groups is 3. The molecule has 0 aromatic heterocycles. The molecule has 1 aliphatic heterocycles. The normalized spacial score (nSPS) is 32.7. The molecule has 2 rings (SSSR count). The molecule has 3 atom stereocenters. The third-order valence-corrected chi connectivity index (χ3v) is 4.49. The van der Waals surface area contributed by atoms with Crippen molar-refractivity contribution in [3.8, 4) is 0 Å². The van der Waals surface area contributed by atoms with Gasteiger partial charge in [0.2, 0.25) is 11.8 Å². The molecule has 0 bridgehead atoms. The minimum Gasteiger partial charge on any atom is -0.481 e. The van der Waals surface area contributed by atoms with E-state index in [1.807, 2.05) is 0 Å². The maximum Gasteiger partial charge on any atom is 0.307 e. The van der Waals surface area contributed by atoms with Crippen molar-refractivity contribution in [2.24, 2.45) is 28.9 Å². The second-order valence-corrected chi connectivity index (χ2v) is 6.14. The highest BCUT2D eigenvalue weighted by molar-refractivity contribution is 5.92.